The third kappa shape index (κ3) is 13.5. The summed E-state index contributed by atoms with van der Waals surface area (Å²) in [7, 11) is 1.33. The monoisotopic (exact) mass is 906 g/mol. The number of aliphatic carboxylic acids is 1. The SMILES string of the molecule is COC(=O)CCCCCCCCO[C@@H]1OC(CO)[C@@H](O)C(OC2OC(CO)[C@H](O)C(O[C@]3(C(=O)O)CC(O)[C@@H](NC(C)=O)C(C(O)C(O)CO)O3)C2O)C1NC(=O)c1ccccc1. The van der Waals surface area contributed by atoms with E-state index in [1.165, 1.54) is 19.2 Å². The molecule has 358 valence electrons. The first kappa shape index (κ1) is 52.1. The number of esters is 1. The van der Waals surface area contributed by atoms with Gasteiger partial charge in [0.25, 0.3) is 11.7 Å². The quantitative estimate of drug-likeness (QED) is 0.0369. The second kappa shape index (κ2) is 24.7. The molecule has 0 spiro atoms. The number of hydrogen-bond donors (Lipinski definition) is 12. The van der Waals surface area contributed by atoms with E-state index >= 15 is 0 Å². The van der Waals surface area contributed by atoms with Crippen LogP contribution >= 0.6 is 0 Å². The first-order valence-corrected chi connectivity index (χ1v) is 20.8. The van der Waals surface area contributed by atoms with Crippen molar-refractivity contribution >= 4 is 23.8 Å². The summed E-state index contributed by atoms with van der Waals surface area (Å²) in [6.45, 7) is -1.73. The summed E-state index contributed by atoms with van der Waals surface area (Å²) in [5, 5.41) is 112. The second-order valence-electron chi connectivity index (χ2n) is 15.7. The van der Waals surface area contributed by atoms with Crippen LogP contribution in [0.15, 0.2) is 30.3 Å². The number of hydrogen-bond acceptors (Lipinski definition) is 20. The van der Waals surface area contributed by atoms with Crippen molar-refractivity contribution in [1.82, 2.24) is 10.6 Å². The number of amides is 2. The van der Waals surface area contributed by atoms with Crippen molar-refractivity contribution in [2.45, 2.75) is 156 Å². The van der Waals surface area contributed by atoms with Crippen molar-refractivity contribution in [3.8, 4) is 0 Å². The molecule has 3 aliphatic rings. The predicted octanol–water partition coefficient (Wildman–Crippen LogP) is -3.86. The van der Waals surface area contributed by atoms with Crippen molar-refractivity contribution in [3.05, 3.63) is 35.9 Å². The molecular weight excluding hydrogens is 844 g/mol. The summed E-state index contributed by atoms with van der Waals surface area (Å²) in [4.78, 5) is 49.9. The average molecular weight is 907 g/mol. The third-order valence-corrected chi connectivity index (χ3v) is 11.1. The Bertz CT molecular complexity index is 1600. The zero-order valence-electron chi connectivity index (χ0n) is 35.0. The van der Waals surface area contributed by atoms with Gasteiger partial charge in [-0.25, -0.2) is 4.79 Å². The number of carbonyl (C=O) groups is 4. The summed E-state index contributed by atoms with van der Waals surface area (Å²) in [6.07, 6.45) is -20.8. The van der Waals surface area contributed by atoms with Crippen LogP contribution in [0.4, 0.5) is 0 Å². The van der Waals surface area contributed by atoms with Gasteiger partial charge in [0.1, 0.15) is 67.1 Å². The zero-order valence-corrected chi connectivity index (χ0v) is 35.0. The van der Waals surface area contributed by atoms with E-state index < -0.39 is 142 Å². The maximum absolute atomic E-state index is 13.6. The number of aliphatic hydroxyl groups is 9. The van der Waals surface area contributed by atoms with Crippen LogP contribution in [-0.2, 0) is 47.5 Å². The number of aliphatic hydroxyl groups excluding tert-OH is 9. The van der Waals surface area contributed by atoms with E-state index in [0.717, 1.165) is 26.2 Å². The van der Waals surface area contributed by atoms with Gasteiger partial charge in [-0.15, -0.1) is 0 Å². The van der Waals surface area contributed by atoms with Gasteiger partial charge < -0.3 is 94.9 Å². The van der Waals surface area contributed by atoms with Gasteiger partial charge in [0.2, 0.25) is 5.91 Å². The molecule has 3 saturated heterocycles. The van der Waals surface area contributed by atoms with Crippen LogP contribution in [0.3, 0.4) is 0 Å². The Hall–Kier alpha value is -3.50. The number of nitrogens with one attached hydrogen (secondary N) is 2. The largest absolute Gasteiger partial charge is 0.477 e. The molecule has 1 aromatic rings. The number of rotatable bonds is 23. The lowest BCUT2D eigenvalue weighted by molar-refractivity contribution is -0.381. The van der Waals surface area contributed by atoms with E-state index in [4.69, 9.17) is 28.4 Å². The molecule has 0 saturated carbocycles. The number of carboxylic acid groups (broad SMARTS) is 1. The highest BCUT2D eigenvalue weighted by atomic mass is 16.8. The molecular formula is C40H62N2O21. The number of carbonyl (C=O) groups excluding carboxylic acids is 3. The Kier molecular flexibility index (Phi) is 20.4. The highest BCUT2D eigenvalue weighted by Gasteiger charge is 2.60. The Morgan fingerprint density at radius 2 is 1.41 bits per heavy atom. The Morgan fingerprint density at radius 3 is 2.00 bits per heavy atom. The topological polar surface area (TPSA) is 359 Å². The summed E-state index contributed by atoms with van der Waals surface area (Å²) in [5.74, 6) is -6.77. The maximum atomic E-state index is 13.6. The molecule has 63 heavy (non-hydrogen) atoms. The lowest BCUT2D eigenvalue weighted by Crippen LogP contribution is -2.71. The highest BCUT2D eigenvalue weighted by molar-refractivity contribution is 5.94. The minimum absolute atomic E-state index is 0.0691. The molecule has 3 heterocycles. The van der Waals surface area contributed by atoms with Crippen molar-refractivity contribution in [3.63, 3.8) is 0 Å². The van der Waals surface area contributed by atoms with Crippen LogP contribution < -0.4 is 10.6 Å². The van der Waals surface area contributed by atoms with Crippen molar-refractivity contribution in [2.75, 3.05) is 33.5 Å². The van der Waals surface area contributed by atoms with Crippen LogP contribution in [0.1, 0.15) is 68.6 Å². The van der Waals surface area contributed by atoms with Gasteiger partial charge in [0.15, 0.2) is 12.6 Å². The van der Waals surface area contributed by atoms with Gasteiger partial charge in [0, 0.05) is 31.9 Å². The zero-order chi connectivity index (χ0) is 46.4. The Labute approximate surface area is 362 Å². The first-order valence-electron chi connectivity index (χ1n) is 20.8. The van der Waals surface area contributed by atoms with E-state index in [-0.39, 0.29) is 18.1 Å². The molecule has 0 aliphatic carbocycles. The number of ether oxygens (including phenoxy) is 7. The standard InChI is InChI=1S/C40H62N2O21/c1-20(46)41-27-22(47)16-40(39(55)56,62-34(27)29(50)23(48)17-43)63-35-31(52)25(19-45)60-38(32(35)53)61-33-28(42-36(54)21-12-8-7-9-13-21)37(59-24(18-44)30(33)51)58-15-11-6-4-3-5-10-14-26(49)57-2/h7-9,12-13,22-25,27-35,37-38,43-45,47-48,50-53H,3-6,10-11,14-19H2,1-2H3,(H,41,46)(H,42,54)(H,55,56)/t22?,23?,24?,25?,27-,28?,29?,30-,31+,32?,33?,34?,35?,37-,38?,40+/m1/s1. The lowest BCUT2D eigenvalue weighted by Gasteiger charge is -2.51. The summed E-state index contributed by atoms with van der Waals surface area (Å²) >= 11 is 0. The fraction of sp³-hybridized carbons (Fsp3) is 0.750. The van der Waals surface area contributed by atoms with E-state index in [0.29, 0.717) is 25.7 Å². The highest BCUT2D eigenvalue weighted by Crippen LogP contribution is 2.38. The predicted molar refractivity (Wildman–Crippen MR) is 210 cm³/mol. The molecule has 23 nitrogen and oxygen atoms in total. The van der Waals surface area contributed by atoms with Crippen LogP contribution in [0.2, 0.25) is 0 Å². The van der Waals surface area contributed by atoms with Crippen LogP contribution in [0.25, 0.3) is 0 Å². The van der Waals surface area contributed by atoms with E-state index in [2.05, 4.69) is 15.4 Å². The fourth-order valence-corrected chi connectivity index (χ4v) is 7.66. The number of unbranched alkanes of at least 4 members (excludes halogenated alkanes) is 5. The normalized spacial score (nSPS) is 34.4. The third-order valence-electron chi connectivity index (χ3n) is 11.1. The van der Waals surface area contributed by atoms with Crippen molar-refractivity contribution < 1.29 is 103 Å². The van der Waals surface area contributed by atoms with Crippen molar-refractivity contribution in [2.24, 2.45) is 0 Å². The average Bonchev–Trinajstić information content (AvgIpc) is 3.27. The van der Waals surface area contributed by atoms with E-state index in [1.54, 1.807) is 18.2 Å². The fourth-order valence-electron chi connectivity index (χ4n) is 7.66. The number of benzene rings is 1. The van der Waals surface area contributed by atoms with Crippen LogP contribution in [-0.4, -0.2) is 206 Å². The Morgan fingerprint density at radius 1 is 0.810 bits per heavy atom. The molecule has 23 heteroatoms. The first-order chi connectivity index (χ1) is 30.0. The van der Waals surface area contributed by atoms with Gasteiger partial charge in [-0.05, 0) is 25.0 Å². The van der Waals surface area contributed by atoms with E-state index in [1.807, 2.05) is 0 Å². The summed E-state index contributed by atoms with van der Waals surface area (Å²) < 4.78 is 39.9. The minimum Gasteiger partial charge on any atom is -0.477 e. The second-order valence-corrected chi connectivity index (χ2v) is 15.7. The van der Waals surface area contributed by atoms with Gasteiger partial charge >= 0.3 is 11.9 Å². The minimum atomic E-state index is -3.07. The molecule has 4 rings (SSSR count). The van der Waals surface area contributed by atoms with E-state index in [9.17, 15) is 70.2 Å². The van der Waals surface area contributed by atoms with Gasteiger partial charge in [-0.1, -0.05) is 43.9 Å². The molecule has 0 radical (unpaired) electrons. The smallest absolute Gasteiger partial charge is 0.364 e. The molecule has 0 bridgehead atoms. The number of methoxy groups -OCH3 is 1. The molecule has 16 atom stereocenters. The van der Waals surface area contributed by atoms with Gasteiger partial charge in [0.05, 0.1) is 39.1 Å². The molecule has 1 aromatic carbocycles. The summed E-state index contributed by atoms with van der Waals surface area (Å²) in [5.41, 5.74) is 0.177. The molecule has 0 aromatic heterocycles. The molecule has 3 fully saturated rings. The van der Waals surface area contributed by atoms with Gasteiger partial charge in [-0.2, -0.15) is 0 Å². The number of carboxylic acids is 1. The lowest BCUT2D eigenvalue weighted by atomic mass is 9.88. The van der Waals surface area contributed by atoms with Gasteiger partial charge in [-0.3, -0.25) is 14.4 Å². The van der Waals surface area contributed by atoms with Crippen LogP contribution in [0, 0.1) is 0 Å². The van der Waals surface area contributed by atoms with Crippen LogP contribution in [0.5, 0.6) is 0 Å². The maximum Gasteiger partial charge on any atom is 0.364 e. The molecule has 12 N–H and O–H groups in total. The Balaban J connectivity index is 1.60. The summed E-state index contributed by atoms with van der Waals surface area (Å²) in [6, 6.07) is 4.89. The van der Waals surface area contributed by atoms with Crippen molar-refractivity contribution in [1.29, 1.82) is 0 Å². The molecule has 3 aliphatic heterocycles. The molecule has 11 unspecified atom stereocenters. The molecule has 2 amide bonds.